The predicted molar refractivity (Wildman–Crippen MR) is 103 cm³/mol. The molecule has 0 saturated heterocycles. The van der Waals surface area contributed by atoms with Crippen molar-refractivity contribution < 1.29 is 17.9 Å². The molecule has 1 heterocycles. The molecule has 0 N–H and O–H groups in total. The Hall–Kier alpha value is -3.02. The Morgan fingerprint density at radius 1 is 1.00 bits per heavy atom. The van der Waals surface area contributed by atoms with E-state index < -0.39 is 11.7 Å². The summed E-state index contributed by atoms with van der Waals surface area (Å²) in [7, 11) is 0. The zero-order valence-electron chi connectivity index (χ0n) is 15.3. The van der Waals surface area contributed by atoms with Gasteiger partial charge in [0.05, 0.1) is 16.6 Å². The van der Waals surface area contributed by atoms with E-state index in [1.807, 2.05) is 54.0 Å². The number of nitrogens with zero attached hydrogens (tertiary/aromatic N) is 2. The third-order valence-corrected chi connectivity index (χ3v) is 4.71. The van der Waals surface area contributed by atoms with Crippen LogP contribution in [0.15, 0.2) is 60.7 Å². The molecule has 4 rings (SSSR count). The summed E-state index contributed by atoms with van der Waals surface area (Å²) in [6.07, 6.45) is -3.55. The molecule has 4 aromatic rings. The van der Waals surface area contributed by atoms with E-state index in [-0.39, 0.29) is 6.61 Å². The number of aryl methyl sites for hydroxylation is 1. The van der Waals surface area contributed by atoms with Crippen LogP contribution in [0, 0.1) is 0 Å². The van der Waals surface area contributed by atoms with Gasteiger partial charge < -0.3 is 9.30 Å². The average Bonchev–Trinajstić information content (AvgIpc) is 3.03. The van der Waals surface area contributed by atoms with Crippen molar-refractivity contribution in [3.05, 3.63) is 72.1 Å². The number of imidazole rings is 1. The zero-order valence-corrected chi connectivity index (χ0v) is 15.3. The van der Waals surface area contributed by atoms with E-state index in [0.29, 0.717) is 23.4 Å². The first-order valence-electron chi connectivity index (χ1n) is 9.14. The Balaban J connectivity index is 1.70. The summed E-state index contributed by atoms with van der Waals surface area (Å²) < 4.78 is 47.0. The summed E-state index contributed by atoms with van der Waals surface area (Å²) in [5.41, 5.74) is 0.328. The highest BCUT2D eigenvalue weighted by Gasteiger charge is 2.31. The van der Waals surface area contributed by atoms with Gasteiger partial charge >= 0.3 is 6.18 Å². The molecule has 0 aliphatic carbocycles. The molecule has 0 amide bonds. The number of benzene rings is 3. The first-order chi connectivity index (χ1) is 13.5. The summed E-state index contributed by atoms with van der Waals surface area (Å²) in [6.45, 7) is 2.87. The summed E-state index contributed by atoms with van der Waals surface area (Å²) >= 11 is 0. The van der Waals surface area contributed by atoms with Gasteiger partial charge in [0.2, 0.25) is 0 Å². The maximum atomic E-state index is 13.0. The van der Waals surface area contributed by atoms with Gasteiger partial charge in [0.1, 0.15) is 18.2 Å². The van der Waals surface area contributed by atoms with E-state index in [1.165, 1.54) is 6.07 Å². The SMILES string of the molecule is CCCn1c(COc2cccc3ccccc23)nc2cc(C(F)(F)F)ccc21. The maximum absolute atomic E-state index is 13.0. The Morgan fingerprint density at radius 2 is 1.79 bits per heavy atom. The van der Waals surface area contributed by atoms with Crippen molar-refractivity contribution in [2.75, 3.05) is 0 Å². The minimum absolute atomic E-state index is 0.185. The highest BCUT2D eigenvalue weighted by molar-refractivity contribution is 5.88. The molecule has 6 heteroatoms. The number of hydrogen-bond donors (Lipinski definition) is 0. The van der Waals surface area contributed by atoms with Gasteiger partial charge in [-0.15, -0.1) is 0 Å². The van der Waals surface area contributed by atoms with Crippen LogP contribution >= 0.6 is 0 Å². The number of alkyl halides is 3. The van der Waals surface area contributed by atoms with Crippen molar-refractivity contribution >= 4 is 21.8 Å². The van der Waals surface area contributed by atoms with Crippen molar-refractivity contribution in [3.63, 3.8) is 0 Å². The van der Waals surface area contributed by atoms with Gasteiger partial charge in [-0.1, -0.05) is 43.3 Å². The largest absolute Gasteiger partial charge is 0.485 e. The van der Waals surface area contributed by atoms with Crippen LogP contribution in [0.4, 0.5) is 13.2 Å². The van der Waals surface area contributed by atoms with Gasteiger partial charge in [-0.05, 0) is 36.1 Å². The average molecular weight is 384 g/mol. The fourth-order valence-corrected chi connectivity index (χ4v) is 3.40. The summed E-state index contributed by atoms with van der Waals surface area (Å²) in [5.74, 6) is 1.34. The Bertz CT molecular complexity index is 1130. The van der Waals surface area contributed by atoms with Crippen molar-refractivity contribution in [2.24, 2.45) is 0 Å². The van der Waals surface area contributed by atoms with E-state index in [1.54, 1.807) is 0 Å². The van der Waals surface area contributed by atoms with Crippen LogP contribution in [-0.2, 0) is 19.3 Å². The van der Waals surface area contributed by atoms with Gasteiger partial charge in [0, 0.05) is 11.9 Å². The second-order valence-electron chi connectivity index (χ2n) is 6.65. The minimum Gasteiger partial charge on any atom is -0.485 e. The van der Waals surface area contributed by atoms with Gasteiger partial charge in [0.25, 0.3) is 0 Å². The van der Waals surface area contributed by atoms with E-state index >= 15 is 0 Å². The lowest BCUT2D eigenvalue weighted by atomic mass is 10.1. The zero-order chi connectivity index (χ0) is 19.7. The molecule has 3 aromatic carbocycles. The van der Waals surface area contributed by atoms with Gasteiger partial charge in [-0.3, -0.25) is 0 Å². The van der Waals surface area contributed by atoms with Crippen LogP contribution in [-0.4, -0.2) is 9.55 Å². The second kappa shape index (κ2) is 7.19. The van der Waals surface area contributed by atoms with Crippen molar-refractivity contribution in [1.82, 2.24) is 9.55 Å². The topological polar surface area (TPSA) is 27.1 Å². The van der Waals surface area contributed by atoms with Crippen LogP contribution in [0.3, 0.4) is 0 Å². The first-order valence-corrected chi connectivity index (χ1v) is 9.14. The third kappa shape index (κ3) is 3.42. The van der Waals surface area contributed by atoms with Crippen molar-refractivity contribution in [2.45, 2.75) is 32.7 Å². The number of halogens is 3. The second-order valence-corrected chi connectivity index (χ2v) is 6.65. The molecular weight excluding hydrogens is 365 g/mol. The molecule has 0 aliphatic rings. The Kier molecular flexibility index (Phi) is 4.71. The van der Waals surface area contributed by atoms with Gasteiger partial charge in [-0.25, -0.2) is 4.98 Å². The van der Waals surface area contributed by atoms with Crippen LogP contribution in [0.5, 0.6) is 5.75 Å². The molecule has 0 atom stereocenters. The normalized spacial score (nSPS) is 12.0. The summed E-state index contributed by atoms with van der Waals surface area (Å²) in [4.78, 5) is 4.44. The number of hydrogen-bond acceptors (Lipinski definition) is 2. The molecule has 0 spiro atoms. The van der Waals surface area contributed by atoms with Gasteiger partial charge in [-0.2, -0.15) is 13.2 Å². The molecule has 3 nitrogen and oxygen atoms in total. The highest BCUT2D eigenvalue weighted by atomic mass is 19.4. The molecule has 28 heavy (non-hydrogen) atoms. The van der Waals surface area contributed by atoms with E-state index in [9.17, 15) is 13.2 Å². The molecular formula is C22H19F3N2O. The van der Waals surface area contributed by atoms with Gasteiger partial charge in [0.15, 0.2) is 0 Å². The Morgan fingerprint density at radius 3 is 2.57 bits per heavy atom. The fourth-order valence-electron chi connectivity index (χ4n) is 3.40. The molecule has 1 aromatic heterocycles. The maximum Gasteiger partial charge on any atom is 0.416 e. The minimum atomic E-state index is -4.39. The molecule has 0 aliphatic heterocycles. The van der Waals surface area contributed by atoms with Crippen LogP contribution in [0.2, 0.25) is 0 Å². The molecule has 0 unspecified atom stereocenters. The summed E-state index contributed by atoms with van der Waals surface area (Å²) in [5, 5.41) is 2.05. The standard InChI is InChI=1S/C22H19F3N2O/c1-2-12-27-19-11-10-16(22(23,24)25)13-18(19)26-21(27)14-28-20-9-5-7-15-6-3-4-8-17(15)20/h3-11,13H,2,12,14H2,1H3. The number of fused-ring (bicyclic) bond motifs is 2. The van der Waals surface area contributed by atoms with Crippen molar-refractivity contribution in [3.8, 4) is 5.75 Å². The van der Waals surface area contributed by atoms with Crippen molar-refractivity contribution in [1.29, 1.82) is 0 Å². The summed E-state index contributed by atoms with van der Waals surface area (Å²) in [6, 6.07) is 17.4. The molecule has 0 radical (unpaired) electrons. The van der Waals surface area contributed by atoms with E-state index in [2.05, 4.69) is 4.98 Å². The Labute approximate surface area is 160 Å². The number of ether oxygens (including phenoxy) is 1. The van der Waals surface area contributed by atoms with Crippen LogP contribution < -0.4 is 4.74 Å². The lowest BCUT2D eigenvalue weighted by Crippen LogP contribution is -2.07. The van der Waals surface area contributed by atoms with E-state index in [4.69, 9.17) is 4.74 Å². The third-order valence-electron chi connectivity index (χ3n) is 4.71. The number of aromatic nitrogens is 2. The van der Waals surface area contributed by atoms with Crippen LogP contribution in [0.1, 0.15) is 24.7 Å². The number of rotatable bonds is 5. The quantitative estimate of drug-likeness (QED) is 0.410. The highest BCUT2D eigenvalue weighted by Crippen LogP contribution is 2.32. The fraction of sp³-hybridized carbons (Fsp3) is 0.227. The first kappa shape index (κ1) is 18.3. The molecule has 0 saturated carbocycles. The lowest BCUT2D eigenvalue weighted by molar-refractivity contribution is -0.137. The lowest BCUT2D eigenvalue weighted by Gasteiger charge is -2.11. The molecule has 0 fully saturated rings. The monoisotopic (exact) mass is 384 g/mol. The smallest absolute Gasteiger partial charge is 0.416 e. The van der Waals surface area contributed by atoms with Crippen LogP contribution in [0.25, 0.3) is 21.8 Å². The predicted octanol–water partition coefficient (Wildman–Crippen LogP) is 6.20. The molecule has 0 bridgehead atoms. The molecule has 144 valence electrons. The van der Waals surface area contributed by atoms with E-state index in [0.717, 1.165) is 35.1 Å².